The highest BCUT2D eigenvalue weighted by atomic mass is 16.2. The van der Waals surface area contributed by atoms with E-state index in [2.05, 4.69) is 6.07 Å². The highest BCUT2D eigenvalue weighted by Gasteiger charge is 2.25. The average molecular weight is 347 g/mol. The van der Waals surface area contributed by atoms with Crippen LogP contribution >= 0.6 is 0 Å². The molecule has 2 aromatic carbocycles. The summed E-state index contributed by atoms with van der Waals surface area (Å²) < 4.78 is 0. The molecule has 0 radical (unpaired) electrons. The molecule has 1 aliphatic carbocycles. The highest BCUT2D eigenvalue weighted by molar-refractivity contribution is 6.01. The van der Waals surface area contributed by atoms with Crippen molar-refractivity contribution in [2.45, 2.75) is 51.0 Å². The van der Waals surface area contributed by atoms with E-state index in [0.717, 1.165) is 47.6 Å². The molecule has 3 rings (SSSR count). The predicted octanol–water partition coefficient (Wildman–Crippen LogP) is 4.45. The van der Waals surface area contributed by atoms with Gasteiger partial charge in [-0.2, -0.15) is 5.26 Å². The fourth-order valence-electron chi connectivity index (χ4n) is 4.00. The van der Waals surface area contributed by atoms with Crippen LogP contribution in [0.1, 0.15) is 49.7 Å². The zero-order chi connectivity index (χ0) is 18.4. The summed E-state index contributed by atoms with van der Waals surface area (Å²) in [6.07, 6.45) is 7.75. The van der Waals surface area contributed by atoms with Crippen LogP contribution in [-0.4, -0.2) is 29.6 Å². The Bertz CT molecular complexity index is 831. The molecule has 0 saturated heterocycles. The third-order valence-electron chi connectivity index (χ3n) is 5.35. The smallest absolute Gasteiger partial charge is 0.227 e. The van der Waals surface area contributed by atoms with Crippen LogP contribution in [0.25, 0.3) is 10.8 Å². The van der Waals surface area contributed by atoms with Crippen LogP contribution in [0.4, 0.5) is 0 Å². The van der Waals surface area contributed by atoms with Crippen molar-refractivity contribution in [1.29, 1.82) is 10.7 Å². The average Bonchev–Trinajstić information content (AvgIpc) is 2.69. The van der Waals surface area contributed by atoms with Crippen LogP contribution in [-0.2, 0) is 11.2 Å². The van der Waals surface area contributed by atoms with Crippen molar-refractivity contribution in [2.24, 2.45) is 0 Å². The monoisotopic (exact) mass is 347 g/mol. The van der Waals surface area contributed by atoms with Crippen molar-refractivity contribution in [1.82, 2.24) is 4.90 Å². The van der Waals surface area contributed by atoms with Crippen molar-refractivity contribution in [3.8, 4) is 6.07 Å². The molecule has 0 unspecified atom stereocenters. The third kappa shape index (κ3) is 3.94. The summed E-state index contributed by atoms with van der Waals surface area (Å²) in [7, 11) is 0. The minimum Gasteiger partial charge on any atom is -0.338 e. The Kier molecular flexibility index (Phi) is 6.01. The van der Waals surface area contributed by atoms with Gasteiger partial charge in [0.1, 0.15) is 0 Å². The number of hydrogen-bond acceptors (Lipinski definition) is 3. The molecule has 1 saturated carbocycles. The lowest BCUT2D eigenvalue weighted by Crippen LogP contribution is -2.42. The maximum absolute atomic E-state index is 13.1. The van der Waals surface area contributed by atoms with Gasteiger partial charge in [-0.15, -0.1) is 0 Å². The van der Waals surface area contributed by atoms with Gasteiger partial charge in [0, 0.05) is 18.8 Å². The number of nitriles is 1. The van der Waals surface area contributed by atoms with E-state index in [9.17, 15) is 4.79 Å². The number of nitrogens with one attached hydrogen (secondary N) is 1. The van der Waals surface area contributed by atoms with Gasteiger partial charge in [0.25, 0.3) is 0 Å². The number of benzene rings is 2. The number of hydrogen-bond donors (Lipinski definition) is 1. The first-order valence-electron chi connectivity index (χ1n) is 9.42. The number of carbonyl (C=O) groups is 1. The molecule has 0 atom stereocenters. The molecule has 0 spiro atoms. The first kappa shape index (κ1) is 18.1. The van der Waals surface area contributed by atoms with E-state index in [1.807, 2.05) is 41.3 Å². The number of amides is 1. The highest BCUT2D eigenvalue weighted by Crippen LogP contribution is 2.26. The van der Waals surface area contributed by atoms with E-state index in [-0.39, 0.29) is 11.9 Å². The van der Waals surface area contributed by atoms with Crippen molar-refractivity contribution in [3.63, 3.8) is 0 Å². The van der Waals surface area contributed by atoms with Crippen LogP contribution in [0, 0.1) is 16.7 Å². The molecular formula is C22H25N3O. The van der Waals surface area contributed by atoms with Gasteiger partial charge < -0.3 is 10.3 Å². The zero-order valence-corrected chi connectivity index (χ0v) is 15.1. The van der Waals surface area contributed by atoms with Crippen molar-refractivity contribution < 1.29 is 4.79 Å². The van der Waals surface area contributed by atoms with Crippen molar-refractivity contribution in [2.75, 3.05) is 6.54 Å². The second kappa shape index (κ2) is 8.62. The van der Waals surface area contributed by atoms with E-state index in [1.165, 1.54) is 12.6 Å². The molecule has 0 aliphatic heterocycles. The topological polar surface area (TPSA) is 68.0 Å². The van der Waals surface area contributed by atoms with E-state index >= 15 is 0 Å². The van der Waals surface area contributed by atoms with Crippen molar-refractivity contribution >= 4 is 22.9 Å². The molecule has 134 valence electrons. The van der Waals surface area contributed by atoms with Crippen LogP contribution < -0.4 is 0 Å². The molecular weight excluding hydrogens is 322 g/mol. The Hall–Kier alpha value is -2.67. The van der Waals surface area contributed by atoms with Gasteiger partial charge in [-0.1, -0.05) is 55.7 Å². The van der Waals surface area contributed by atoms with Gasteiger partial charge in [-0.25, -0.2) is 0 Å². The fourth-order valence-corrected chi connectivity index (χ4v) is 4.00. The lowest BCUT2D eigenvalue weighted by molar-refractivity contribution is -0.133. The van der Waals surface area contributed by atoms with Crippen LogP contribution in [0.3, 0.4) is 0 Å². The minimum atomic E-state index is 0.111. The van der Waals surface area contributed by atoms with Crippen LogP contribution in [0.15, 0.2) is 36.4 Å². The standard InChI is InChI=1S/C22H25N3O/c23-13-6-14-25(19-7-2-1-3-8-19)22(26)15-17-11-12-18(16-24)21-10-5-4-9-20(17)21/h4-5,9-12,16,19,24H,1-3,6-8,14-15H2. The van der Waals surface area contributed by atoms with E-state index in [1.54, 1.807) is 0 Å². The molecule has 0 bridgehead atoms. The first-order chi connectivity index (χ1) is 12.7. The minimum absolute atomic E-state index is 0.111. The Morgan fingerprint density at radius 2 is 1.88 bits per heavy atom. The van der Waals surface area contributed by atoms with Crippen LogP contribution in [0.2, 0.25) is 0 Å². The zero-order valence-electron chi connectivity index (χ0n) is 15.1. The van der Waals surface area contributed by atoms with Gasteiger partial charge in [-0.3, -0.25) is 4.79 Å². The Morgan fingerprint density at radius 1 is 1.15 bits per heavy atom. The quantitative estimate of drug-likeness (QED) is 0.784. The summed E-state index contributed by atoms with van der Waals surface area (Å²) >= 11 is 0. The SMILES string of the molecule is N#CCCN(C(=O)Cc1ccc(C=N)c2ccccc12)C1CCCCC1. The molecule has 2 aromatic rings. The Balaban J connectivity index is 1.86. The Morgan fingerprint density at radius 3 is 2.58 bits per heavy atom. The summed E-state index contributed by atoms with van der Waals surface area (Å²) in [6, 6.07) is 14.3. The summed E-state index contributed by atoms with van der Waals surface area (Å²) in [5, 5.41) is 18.6. The number of rotatable bonds is 6. The molecule has 1 fully saturated rings. The molecule has 1 amide bonds. The fraction of sp³-hybridized carbons (Fsp3) is 0.409. The molecule has 1 aliphatic rings. The summed E-state index contributed by atoms with van der Waals surface area (Å²) in [4.78, 5) is 15.0. The van der Waals surface area contributed by atoms with Gasteiger partial charge in [-0.05, 0) is 34.7 Å². The molecule has 4 nitrogen and oxygen atoms in total. The number of carbonyl (C=O) groups excluding carboxylic acids is 1. The van der Waals surface area contributed by atoms with Crippen LogP contribution in [0.5, 0.6) is 0 Å². The molecule has 0 aromatic heterocycles. The summed E-state index contributed by atoms with van der Waals surface area (Å²) in [5.74, 6) is 0.111. The van der Waals surface area contributed by atoms with Gasteiger partial charge in [0.2, 0.25) is 5.91 Å². The van der Waals surface area contributed by atoms with E-state index < -0.39 is 0 Å². The third-order valence-corrected chi connectivity index (χ3v) is 5.35. The van der Waals surface area contributed by atoms with Gasteiger partial charge in [0.15, 0.2) is 0 Å². The normalized spacial score (nSPS) is 14.7. The van der Waals surface area contributed by atoms with E-state index in [4.69, 9.17) is 10.7 Å². The second-order valence-electron chi connectivity index (χ2n) is 6.97. The molecule has 26 heavy (non-hydrogen) atoms. The molecule has 0 heterocycles. The first-order valence-corrected chi connectivity index (χ1v) is 9.42. The van der Waals surface area contributed by atoms with Crippen molar-refractivity contribution in [3.05, 3.63) is 47.5 Å². The largest absolute Gasteiger partial charge is 0.338 e. The lowest BCUT2D eigenvalue weighted by atomic mass is 9.93. The molecule has 1 N–H and O–H groups in total. The van der Waals surface area contributed by atoms with Gasteiger partial charge >= 0.3 is 0 Å². The van der Waals surface area contributed by atoms with E-state index in [0.29, 0.717) is 19.4 Å². The number of nitrogens with zero attached hydrogens (tertiary/aromatic N) is 2. The summed E-state index contributed by atoms with van der Waals surface area (Å²) in [6.45, 7) is 0.524. The number of fused-ring (bicyclic) bond motifs is 1. The maximum atomic E-state index is 13.1. The predicted molar refractivity (Wildman–Crippen MR) is 104 cm³/mol. The summed E-state index contributed by atoms with van der Waals surface area (Å²) in [5.41, 5.74) is 1.86. The van der Waals surface area contributed by atoms with Gasteiger partial charge in [0.05, 0.1) is 18.9 Å². The Labute approximate surface area is 154 Å². The second-order valence-corrected chi connectivity index (χ2v) is 6.97. The lowest BCUT2D eigenvalue weighted by Gasteiger charge is -2.34. The maximum Gasteiger partial charge on any atom is 0.227 e. The molecule has 4 heteroatoms.